The Labute approximate surface area is 182 Å². The molecular formula is C23H30N4O4. The van der Waals surface area contributed by atoms with E-state index < -0.39 is 6.04 Å². The van der Waals surface area contributed by atoms with E-state index in [0.717, 1.165) is 22.6 Å². The summed E-state index contributed by atoms with van der Waals surface area (Å²) in [5.74, 6) is 0.771. The van der Waals surface area contributed by atoms with Crippen molar-refractivity contribution in [3.63, 3.8) is 0 Å². The molecule has 3 heterocycles. The number of carbonyl (C=O) groups is 2. The summed E-state index contributed by atoms with van der Waals surface area (Å²) < 4.78 is 10.5. The van der Waals surface area contributed by atoms with Gasteiger partial charge in [0.05, 0.1) is 18.3 Å². The predicted octanol–water partition coefficient (Wildman–Crippen LogP) is 1.40. The molecule has 2 aliphatic heterocycles. The van der Waals surface area contributed by atoms with Crippen LogP contribution in [0, 0.1) is 13.8 Å². The highest BCUT2D eigenvalue weighted by Crippen LogP contribution is 2.27. The van der Waals surface area contributed by atoms with Gasteiger partial charge in [-0.3, -0.25) is 14.5 Å². The highest BCUT2D eigenvalue weighted by atomic mass is 16.5. The molecule has 166 valence electrons. The van der Waals surface area contributed by atoms with Crippen LogP contribution in [0.4, 0.5) is 0 Å². The van der Waals surface area contributed by atoms with Gasteiger partial charge in [-0.1, -0.05) is 35.5 Å². The summed E-state index contributed by atoms with van der Waals surface area (Å²) in [5, 5.41) is 4.07. The molecule has 4 rings (SSSR count). The minimum atomic E-state index is -0.467. The summed E-state index contributed by atoms with van der Waals surface area (Å²) in [6.07, 6.45) is 0.605. The Hall–Kier alpha value is -2.71. The second kappa shape index (κ2) is 9.20. The van der Waals surface area contributed by atoms with Gasteiger partial charge in [-0.15, -0.1) is 0 Å². The van der Waals surface area contributed by atoms with Crippen LogP contribution in [-0.2, 0) is 27.3 Å². The molecule has 2 saturated heterocycles. The van der Waals surface area contributed by atoms with Gasteiger partial charge in [-0.05, 0) is 25.8 Å². The number of rotatable bonds is 7. The minimum Gasteiger partial charge on any atom is -0.383 e. The third-order valence-electron chi connectivity index (χ3n) is 6.38. The molecule has 0 radical (unpaired) electrons. The van der Waals surface area contributed by atoms with E-state index in [-0.39, 0.29) is 17.9 Å². The van der Waals surface area contributed by atoms with Gasteiger partial charge in [0.1, 0.15) is 11.8 Å². The number of methoxy groups -OCH3 is 1. The molecule has 0 aliphatic carbocycles. The molecular weight excluding hydrogens is 396 g/mol. The Balaban J connectivity index is 1.61. The van der Waals surface area contributed by atoms with Crippen molar-refractivity contribution in [2.75, 3.05) is 39.9 Å². The van der Waals surface area contributed by atoms with Crippen LogP contribution in [0.1, 0.15) is 22.6 Å². The quantitative estimate of drug-likeness (QED) is 0.666. The van der Waals surface area contributed by atoms with Crippen LogP contribution in [0.25, 0.3) is 0 Å². The van der Waals surface area contributed by atoms with E-state index in [1.54, 1.807) is 12.0 Å². The summed E-state index contributed by atoms with van der Waals surface area (Å²) in [6, 6.07) is 9.24. The van der Waals surface area contributed by atoms with Crippen molar-refractivity contribution < 1.29 is 18.8 Å². The Morgan fingerprint density at radius 1 is 1.13 bits per heavy atom. The molecule has 1 aromatic carbocycles. The lowest BCUT2D eigenvalue weighted by Gasteiger charge is -2.49. The predicted molar refractivity (Wildman–Crippen MR) is 114 cm³/mol. The zero-order valence-corrected chi connectivity index (χ0v) is 18.4. The van der Waals surface area contributed by atoms with Crippen molar-refractivity contribution in [3.05, 3.63) is 52.9 Å². The molecule has 2 aromatic rings. The Bertz CT molecular complexity index is 909. The molecule has 2 fully saturated rings. The van der Waals surface area contributed by atoms with Crippen LogP contribution in [0.15, 0.2) is 34.9 Å². The van der Waals surface area contributed by atoms with Crippen LogP contribution in [0.3, 0.4) is 0 Å². The fourth-order valence-corrected chi connectivity index (χ4v) is 4.56. The van der Waals surface area contributed by atoms with Crippen LogP contribution in [-0.4, -0.2) is 83.7 Å². The molecule has 8 heteroatoms. The van der Waals surface area contributed by atoms with Crippen LogP contribution >= 0.6 is 0 Å². The lowest BCUT2D eigenvalue weighted by Crippen LogP contribution is -2.69. The van der Waals surface area contributed by atoms with Crippen molar-refractivity contribution in [1.82, 2.24) is 19.9 Å². The summed E-state index contributed by atoms with van der Waals surface area (Å²) in [5.41, 5.74) is 2.91. The van der Waals surface area contributed by atoms with Gasteiger partial charge in [0.15, 0.2) is 0 Å². The molecule has 2 amide bonds. The number of ether oxygens (including phenoxy) is 1. The summed E-state index contributed by atoms with van der Waals surface area (Å²) in [7, 11) is 1.63. The number of aryl methyl sites for hydroxylation is 2. The second-order valence-electron chi connectivity index (χ2n) is 8.30. The average molecular weight is 427 g/mol. The molecule has 0 bridgehead atoms. The SMILES string of the molecule is COCCN1CCN2C(=O)[C@H](Cc3ccccc3)N(Cc3c(C)noc3C)C[C@H]2C1=O. The van der Waals surface area contributed by atoms with Gasteiger partial charge in [0.25, 0.3) is 0 Å². The standard InChI is InChI=1S/C23H30N4O4/c1-16-19(17(2)31-24-16)14-26-15-21-22(28)25(11-12-30-3)9-10-27(21)23(29)20(26)13-18-7-5-4-6-8-18/h4-8,20-21H,9-15H2,1-3H3/t20-,21-/m0/s1. The number of piperazine rings is 2. The molecule has 2 aliphatic rings. The number of aromatic nitrogens is 1. The van der Waals surface area contributed by atoms with E-state index in [2.05, 4.69) is 10.1 Å². The summed E-state index contributed by atoms with van der Waals surface area (Å²) in [4.78, 5) is 32.5. The van der Waals surface area contributed by atoms with E-state index in [9.17, 15) is 9.59 Å². The normalized spacial score (nSPS) is 22.2. The zero-order valence-electron chi connectivity index (χ0n) is 18.4. The number of amides is 2. The first-order chi connectivity index (χ1) is 15.0. The number of hydrogen-bond donors (Lipinski definition) is 0. The van der Waals surface area contributed by atoms with Gasteiger partial charge in [-0.25, -0.2) is 0 Å². The minimum absolute atomic E-state index is 0.00132. The van der Waals surface area contributed by atoms with Crippen molar-refractivity contribution in [2.24, 2.45) is 0 Å². The lowest BCUT2D eigenvalue weighted by atomic mass is 9.95. The van der Waals surface area contributed by atoms with Gasteiger partial charge in [-0.2, -0.15) is 0 Å². The highest BCUT2D eigenvalue weighted by molar-refractivity contribution is 5.92. The lowest BCUT2D eigenvalue weighted by molar-refractivity contribution is -0.162. The summed E-state index contributed by atoms with van der Waals surface area (Å²) in [6.45, 7) is 6.97. The van der Waals surface area contributed by atoms with Crippen molar-refractivity contribution in [1.29, 1.82) is 0 Å². The summed E-state index contributed by atoms with van der Waals surface area (Å²) >= 11 is 0. The maximum absolute atomic E-state index is 13.6. The second-order valence-corrected chi connectivity index (χ2v) is 8.30. The third-order valence-corrected chi connectivity index (χ3v) is 6.38. The fraction of sp³-hybridized carbons (Fsp3) is 0.522. The molecule has 2 atom stereocenters. The Morgan fingerprint density at radius 2 is 1.90 bits per heavy atom. The van der Waals surface area contributed by atoms with Crippen molar-refractivity contribution >= 4 is 11.8 Å². The first-order valence-electron chi connectivity index (χ1n) is 10.8. The highest BCUT2D eigenvalue weighted by Gasteiger charge is 2.46. The Morgan fingerprint density at radius 3 is 2.58 bits per heavy atom. The monoisotopic (exact) mass is 426 g/mol. The molecule has 0 N–H and O–H groups in total. The van der Waals surface area contributed by atoms with Crippen LogP contribution in [0.5, 0.6) is 0 Å². The largest absolute Gasteiger partial charge is 0.383 e. The molecule has 8 nitrogen and oxygen atoms in total. The zero-order chi connectivity index (χ0) is 22.0. The van der Waals surface area contributed by atoms with Crippen LogP contribution < -0.4 is 0 Å². The average Bonchev–Trinajstić information content (AvgIpc) is 3.09. The smallest absolute Gasteiger partial charge is 0.246 e. The van der Waals surface area contributed by atoms with Crippen molar-refractivity contribution in [3.8, 4) is 0 Å². The van der Waals surface area contributed by atoms with Gasteiger partial charge in [0, 0.05) is 45.4 Å². The molecule has 0 spiro atoms. The molecule has 31 heavy (non-hydrogen) atoms. The first-order valence-corrected chi connectivity index (χ1v) is 10.8. The topological polar surface area (TPSA) is 79.1 Å². The molecule has 0 unspecified atom stereocenters. The number of carbonyl (C=O) groups excluding carboxylic acids is 2. The fourth-order valence-electron chi connectivity index (χ4n) is 4.56. The molecule has 1 aromatic heterocycles. The van der Waals surface area contributed by atoms with E-state index in [0.29, 0.717) is 45.8 Å². The number of nitrogens with zero attached hydrogens (tertiary/aromatic N) is 4. The maximum atomic E-state index is 13.6. The molecule has 0 saturated carbocycles. The van der Waals surface area contributed by atoms with E-state index in [4.69, 9.17) is 9.26 Å². The van der Waals surface area contributed by atoms with Gasteiger partial charge < -0.3 is 19.1 Å². The van der Waals surface area contributed by atoms with Crippen LogP contribution in [0.2, 0.25) is 0 Å². The van der Waals surface area contributed by atoms with Gasteiger partial charge in [0.2, 0.25) is 11.8 Å². The Kier molecular flexibility index (Phi) is 6.38. The van der Waals surface area contributed by atoms with E-state index in [1.165, 1.54) is 0 Å². The number of benzene rings is 1. The number of hydrogen-bond acceptors (Lipinski definition) is 6. The first kappa shape index (κ1) is 21.5. The maximum Gasteiger partial charge on any atom is 0.246 e. The van der Waals surface area contributed by atoms with E-state index >= 15 is 0 Å². The van der Waals surface area contributed by atoms with E-state index in [1.807, 2.05) is 49.1 Å². The van der Waals surface area contributed by atoms with Gasteiger partial charge >= 0.3 is 0 Å². The number of fused-ring (bicyclic) bond motifs is 1. The van der Waals surface area contributed by atoms with Crippen molar-refractivity contribution in [2.45, 2.75) is 38.9 Å². The third kappa shape index (κ3) is 4.36.